The summed E-state index contributed by atoms with van der Waals surface area (Å²) in [5, 5.41) is 5.72. The molecule has 0 saturated heterocycles. The van der Waals surface area contributed by atoms with Gasteiger partial charge in [0.1, 0.15) is 0 Å². The number of thiazole rings is 1. The van der Waals surface area contributed by atoms with Gasteiger partial charge in [0, 0.05) is 35.8 Å². The first-order chi connectivity index (χ1) is 10.6. The quantitative estimate of drug-likeness (QED) is 0.910. The molecule has 0 bridgehead atoms. The average Bonchev–Trinajstić information content (AvgIpc) is 3.06. The average molecular weight is 336 g/mol. The topological polar surface area (TPSA) is 48.5 Å². The van der Waals surface area contributed by atoms with E-state index in [1.54, 1.807) is 22.7 Å². The molecule has 3 rings (SSSR count). The fourth-order valence-electron chi connectivity index (χ4n) is 2.51. The van der Waals surface area contributed by atoms with Crippen molar-refractivity contribution in [1.82, 2.24) is 14.8 Å². The number of thiophene rings is 1. The molecule has 118 valence electrons. The molecule has 2 aromatic heterocycles. The van der Waals surface area contributed by atoms with E-state index < -0.39 is 0 Å². The van der Waals surface area contributed by atoms with Crippen molar-refractivity contribution >= 4 is 33.7 Å². The molecule has 0 saturated carbocycles. The lowest BCUT2D eigenvalue weighted by Gasteiger charge is -2.20. The predicted molar refractivity (Wildman–Crippen MR) is 91.4 cm³/mol. The van der Waals surface area contributed by atoms with E-state index in [0.29, 0.717) is 6.54 Å². The second kappa shape index (κ2) is 6.87. The smallest absolute Gasteiger partial charge is 0.240 e. The van der Waals surface area contributed by atoms with Crippen molar-refractivity contribution in [2.24, 2.45) is 0 Å². The van der Waals surface area contributed by atoms with Crippen LogP contribution < -0.4 is 5.32 Å². The first kappa shape index (κ1) is 15.6. The first-order valence-electron chi connectivity index (χ1n) is 7.28. The zero-order chi connectivity index (χ0) is 15.5. The van der Waals surface area contributed by atoms with E-state index in [1.165, 1.54) is 9.75 Å². The van der Waals surface area contributed by atoms with Crippen LogP contribution in [0.3, 0.4) is 0 Å². The molecular formula is C15H20N4OS2. The number of aromatic nitrogens is 1. The Kier molecular flexibility index (Phi) is 4.87. The maximum absolute atomic E-state index is 12.1. The maximum atomic E-state index is 12.1. The Bertz CT molecular complexity index is 638. The van der Waals surface area contributed by atoms with E-state index in [2.05, 4.69) is 33.7 Å². The second-order valence-corrected chi connectivity index (χ2v) is 7.79. The lowest BCUT2D eigenvalue weighted by atomic mass is 10.2. The zero-order valence-corrected chi connectivity index (χ0v) is 14.5. The Morgan fingerprint density at radius 1 is 1.55 bits per heavy atom. The highest BCUT2D eigenvalue weighted by atomic mass is 32.1. The molecule has 22 heavy (non-hydrogen) atoms. The molecule has 0 fully saturated rings. The Hall–Kier alpha value is -1.28. The highest BCUT2D eigenvalue weighted by Gasteiger charge is 2.19. The van der Waals surface area contributed by atoms with Crippen LogP contribution in [0.15, 0.2) is 17.5 Å². The highest BCUT2D eigenvalue weighted by Crippen LogP contribution is 2.27. The van der Waals surface area contributed by atoms with E-state index in [9.17, 15) is 4.79 Å². The van der Waals surface area contributed by atoms with Crippen molar-refractivity contribution in [2.45, 2.75) is 19.5 Å². The van der Waals surface area contributed by atoms with Crippen molar-refractivity contribution < 1.29 is 4.79 Å². The minimum absolute atomic E-state index is 0.00138. The van der Waals surface area contributed by atoms with Gasteiger partial charge in [-0.05, 0) is 25.5 Å². The number of hydrogen-bond acceptors (Lipinski definition) is 6. The number of likely N-dealkylation sites (N-methyl/N-ethyl adjacent to an activating group) is 2. The van der Waals surface area contributed by atoms with Gasteiger partial charge in [0.15, 0.2) is 5.13 Å². The molecule has 3 heterocycles. The molecular weight excluding hydrogens is 316 g/mol. The summed E-state index contributed by atoms with van der Waals surface area (Å²) < 4.78 is 0. The number of carbonyl (C=O) groups excluding carboxylic acids is 1. The summed E-state index contributed by atoms with van der Waals surface area (Å²) in [4.78, 5) is 23.5. The van der Waals surface area contributed by atoms with Gasteiger partial charge in [-0.1, -0.05) is 6.07 Å². The molecule has 5 nitrogen and oxygen atoms in total. The molecule has 1 N–H and O–H groups in total. The van der Waals surface area contributed by atoms with Crippen molar-refractivity contribution in [3.8, 4) is 0 Å². The molecule has 0 aliphatic carbocycles. The van der Waals surface area contributed by atoms with Gasteiger partial charge in [0.25, 0.3) is 0 Å². The van der Waals surface area contributed by atoms with Crippen LogP contribution in [0, 0.1) is 0 Å². The van der Waals surface area contributed by atoms with Gasteiger partial charge in [-0.2, -0.15) is 0 Å². The summed E-state index contributed by atoms with van der Waals surface area (Å²) in [6.45, 7) is 3.14. The third-order valence-electron chi connectivity index (χ3n) is 3.59. The van der Waals surface area contributed by atoms with Gasteiger partial charge in [0.05, 0.1) is 12.2 Å². The molecule has 0 radical (unpaired) electrons. The summed E-state index contributed by atoms with van der Waals surface area (Å²) in [5.74, 6) is -0.00138. The third-order valence-corrected chi connectivity index (χ3v) is 5.45. The zero-order valence-electron chi connectivity index (χ0n) is 12.8. The molecule has 0 unspecified atom stereocenters. The summed E-state index contributed by atoms with van der Waals surface area (Å²) in [6.07, 6.45) is 0.969. The van der Waals surface area contributed by atoms with Crippen LogP contribution in [0.5, 0.6) is 0 Å². The van der Waals surface area contributed by atoms with E-state index in [4.69, 9.17) is 0 Å². The number of fused-ring (bicyclic) bond motifs is 1. The van der Waals surface area contributed by atoms with E-state index >= 15 is 0 Å². The minimum Gasteiger partial charge on any atom is -0.301 e. The second-order valence-electron chi connectivity index (χ2n) is 5.68. The van der Waals surface area contributed by atoms with Gasteiger partial charge < -0.3 is 10.2 Å². The van der Waals surface area contributed by atoms with Gasteiger partial charge in [-0.25, -0.2) is 4.98 Å². The number of amides is 1. The third kappa shape index (κ3) is 3.92. The summed E-state index contributed by atoms with van der Waals surface area (Å²) in [6, 6.07) is 4.12. The van der Waals surface area contributed by atoms with Crippen molar-refractivity contribution in [3.63, 3.8) is 0 Å². The molecule has 1 aliphatic heterocycles. The van der Waals surface area contributed by atoms with Crippen LogP contribution in [-0.2, 0) is 24.3 Å². The number of nitrogens with one attached hydrogen (secondary N) is 1. The van der Waals surface area contributed by atoms with E-state index in [0.717, 1.165) is 36.9 Å². The van der Waals surface area contributed by atoms with Gasteiger partial charge >= 0.3 is 0 Å². The van der Waals surface area contributed by atoms with Crippen molar-refractivity contribution in [2.75, 3.05) is 32.5 Å². The number of hydrogen-bond donors (Lipinski definition) is 1. The van der Waals surface area contributed by atoms with Crippen molar-refractivity contribution in [3.05, 3.63) is 33.0 Å². The van der Waals surface area contributed by atoms with E-state index in [-0.39, 0.29) is 5.91 Å². The van der Waals surface area contributed by atoms with Crippen LogP contribution in [0.25, 0.3) is 0 Å². The van der Waals surface area contributed by atoms with Gasteiger partial charge in [0.2, 0.25) is 5.91 Å². The van der Waals surface area contributed by atoms with Gasteiger partial charge in [-0.3, -0.25) is 9.69 Å². The Morgan fingerprint density at radius 3 is 3.18 bits per heavy atom. The molecule has 1 amide bonds. The predicted octanol–water partition coefficient (Wildman–Crippen LogP) is 2.26. The Morgan fingerprint density at radius 2 is 2.41 bits per heavy atom. The SMILES string of the molecule is CN(CC(=O)Nc1nc2c(s1)CN(C)CC2)Cc1cccs1. The van der Waals surface area contributed by atoms with Crippen LogP contribution in [0.4, 0.5) is 5.13 Å². The largest absolute Gasteiger partial charge is 0.301 e. The number of anilines is 1. The monoisotopic (exact) mass is 336 g/mol. The molecule has 1 aliphatic rings. The highest BCUT2D eigenvalue weighted by molar-refractivity contribution is 7.15. The van der Waals surface area contributed by atoms with Crippen LogP contribution >= 0.6 is 22.7 Å². The lowest BCUT2D eigenvalue weighted by molar-refractivity contribution is -0.117. The Labute approximate surface area is 138 Å². The summed E-state index contributed by atoms with van der Waals surface area (Å²) in [7, 11) is 4.07. The number of carbonyl (C=O) groups is 1. The number of nitrogens with zero attached hydrogens (tertiary/aromatic N) is 3. The molecule has 0 aromatic carbocycles. The van der Waals surface area contributed by atoms with Crippen LogP contribution in [0.1, 0.15) is 15.4 Å². The fourth-order valence-corrected chi connectivity index (χ4v) is 4.39. The van der Waals surface area contributed by atoms with Crippen molar-refractivity contribution in [1.29, 1.82) is 0 Å². The summed E-state index contributed by atoms with van der Waals surface area (Å²) in [5.41, 5.74) is 1.14. The first-order valence-corrected chi connectivity index (χ1v) is 8.97. The normalized spacial score (nSPS) is 15.0. The molecule has 7 heteroatoms. The summed E-state index contributed by atoms with van der Waals surface area (Å²) >= 11 is 3.31. The van der Waals surface area contributed by atoms with E-state index in [1.807, 2.05) is 18.0 Å². The van der Waals surface area contributed by atoms with Crippen LogP contribution in [0.2, 0.25) is 0 Å². The fraction of sp³-hybridized carbons (Fsp3) is 0.467. The lowest BCUT2D eigenvalue weighted by Crippen LogP contribution is -2.29. The maximum Gasteiger partial charge on any atom is 0.240 e. The Balaban J connectivity index is 1.53. The molecule has 0 atom stereocenters. The standard InChI is InChI=1S/C15H20N4OS2/c1-18-6-5-12-13(9-18)22-15(16-12)17-14(20)10-19(2)8-11-4-3-7-21-11/h3-4,7H,5-6,8-10H2,1-2H3,(H,16,17,20). The molecule has 0 spiro atoms. The molecule has 2 aromatic rings. The van der Waals surface area contributed by atoms with Crippen LogP contribution in [-0.4, -0.2) is 47.9 Å². The minimum atomic E-state index is -0.00138. The van der Waals surface area contributed by atoms with Gasteiger partial charge in [-0.15, -0.1) is 22.7 Å². The number of rotatable bonds is 5.